The Morgan fingerprint density at radius 2 is 1.87 bits per heavy atom. The summed E-state index contributed by atoms with van der Waals surface area (Å²) in [6.45, 7) is 0. The molecule has 2 rings (SSSR count). The molecule has 0 aromatic heterocycles. The van der Waals surface area contributed by atoms with E-state index in [1.165, 1.54) is 0 Å². The third-order valence-corrected chi connectivity index (χ3v) is 3.91. The lowest BCUT2D eigenvalue weighted by atomic mass is 10.1. The molecule has 1 aliphatic carbocycles. The Kier molecular flexibility index (Phi) is 2.92. The molecule has 0 aromatic rings. The second kappa shape index (κ2) is 4.05. The maximum Gasteiger partial charge on any atom is 0.140 e. The molecule has 80 valence electrons. The molecule has 0 bridgehead atoms. The van der Waals surface area contributed by atoms with Crippen molar-refractivity contribution in [1.82, 2.24) is 0 Å². The minimum Gasteiger partial charge on any atom is -0.182 e. The van der Waals surface area contributed by atoms with Crippen LogP contribution in [0.2, 0.25) is 0 Å². The molecule has 0 N–H and O–H groups in total. The van der Waals surface area contributed by atoms with Gasteiger partial charge in [-0.1, -0.05) is 30.4 Å². The predicted molar refractivity (Wildman–Crippen MR) is 49.2 cm³/mol. The Balaban J connectivity index is 2.23. The molecule has 2 aliphatic rings. The van der Waals surface area contributed by atoms with E-state index in [0.717, 1.165) is 11.1 Å². The second-order valence-corrected chi connectivity index (χ2v) is 5.21. The largest absolute Gasteiger partial charge is 0.182 e. The number of rotatable bonds is 2. The van der Waals surface area contributed by atoms with Gasteiger partial charge < -0.3 is 0 Å². The average molecular weight is 247 g/mol. The molecule has 6 heteroatoms. The number of hydrogen-bond donors (Lipinski definition) is 0. The van der Waals surface area contributed by atoms with Gasteiger partial charge in [0.15, 0.2) is 0 Å². The Morgan fingerprint density at radius 1 is 1.07 bits per heavy atom. The summed E-state index contributed by atoms with van der Waals surface area (Å²) in [6.07, 6.45) is 9.19. The van der Waals surface area contributed by atoms with Crippen molar-refractivity contribution >= 4 is 16.1 Å². The molecular weight excluding hydrogens is 240 g/mol. The summed E-state index contributed by atoms with van der Waals surface area (Å²) >= 11 is 0. The summed E-state index contributed by atoms with van der Waals surface area (Å²) in [7, 11) is -5.45. The Labute approximate surface area is 91.3 Å². The smallest absolute Gasteiger partial charge is 0.140 e. The summed E-state index contributed by atoms with van der Waals surface area (Å²) < 4.78 is 35.4. The highest BCUT2D eigenvalue weighted by molar-refractivity contribution is 8.14. The molecule has 15 heavy (non-hydrogen) atoms. The van der Waals surface area contributed by atoms with Gasteiger partial charge in [-0.3, -0.25) is 0 Å². The zero-order valence-electron chi connectivity index (χ0n) is 7.46. The third kappa shape index (κ3) is 2.88. The van der Waals surface area contributed by atoms with Gasteiger partial charge in [-0.2, -0.15) is 14.0 Å². The van der Waals surface area contributed by atoms with Crippen LogP contribution in [0.5, 0.6) is 0 Å². The van der Waals surface area contributed by atoms with E-state index in [-0.39, 0.29) is 0 Å². The van der Waals surface area contributed by atoms with E-state index >= 15 is 0 Å². The lowest BCUT2D eigenvalue weighted by Crippen LogP contribution is -2.60. The van der Waals surface area contributed by atoms with Crippen LogP contribution in [0, 0.1) is 10.2 Å². The van der Waals surface area contributed by atoms with Crippen LogP contribution in [0.1, 0.15) is 0 Å². The highest BCUT2D eigenvalue weighted by Gasteiger charge is 2.24. The summed E-state index contributed by atoms with van der Waals surface area (Å²) in [5.41, 5.74) is 1.73. The maximum atomic E-state index is 10.4. The van der Waals surface area contributed by atoms with Gasteiger partial charge in [0.05, 0.1) is 10.2 Å². The van der Waals surface area contributed by atoms with E-state index in [4.69, 9.17) is 0 Å². The molecule has 1 heterocycles. The topological polar surface area (TPSA) is 78.4 Å². The molecule has 0 saturated heterocycles. The maximum absolute atomic E-state index is 10.4. The minimum atomic E-state index is -4.37. The molecule has 0 spiro atoms. The quantitative estimate of drug-likeness (QED) is 0.576. The van der Waals surface area contributed by atoms with Crippen LogP contribution in [-0.2, 0) is 3.74 Å². The van der Waals surface area contributed by atoms with Gasteiger partial charge in [-0.05, 0) is 11.1 Å². The monoisotopic (exact) mass is 246 g/mol. The fraction of sp³-hybridized carbons (Fsp3) is 0. The molecule has 0 radical (unpaired) electrons. The highest BCUT2D eigenvalue weighted by Crippen LogP contribution is 2.33. The van der Waals surface area contributed by atoms with Gasteiger partial charge in [0.1, 0.15) is 14.5 Å². The molecule has 4 nitrogen and oxygen atoms in total. The molecule has 0 amide bonds. The van der Waals surface area contributed by atoms with Gasteiger partial charge in [-0.25, -0.2) is 0 Å². The summed E-state index contributed by atoms with van der Waals surface area (Å²) in [5, 5.41) is 3.22. The number of hydrogen-bond acceptors (Lipinski definition) is 4. The van der Waals surface area contributed by atoms with Crippen molar-refractivity contribution in [3.8, 4) is 0 Å². The first kappa shape index (κ1) is 10.8. The van der Waals surface area contributed by atoms with Crippen molar-refractivity contribution in [1.29, 1.82) is 0 Å². The van der Waals surface area contributed by atoms with E-state index in [1.54, 1.807) is 10.8 Å². The van der Waals surface area contributed by atoms with E-state index in [1.807, 2.05) is 30.4 Å². The number of allylic oxidation sites excluding steroid dienone is 7. The molecule has 0 aromatic carbocycles. The first-order valence-electron chi connectivity index (χ1n) is 3.99. The number of fused-ring (bicyclic) bond motifs is 1. The zero-order valence-corrected chi connectivity index (χ0v) is 9.03. The third-order valence-electron chi connectivity index (χ3n) is 1.74. The fourth-order valence-electron chi connectivity index (χ4n) is 1.20. The summed E-state index contributed by atoms with van der Waals surface area (Å²) in [6, 6.07) is 0. The van der Waals surface area contributed by atoms with Gasteiger partial charge >= 0.3 is 0 Å². The van der Waals surface area contributed by atoms with Crippen LogP contribution in [0.25, 0.3) is 0 Å². The van der Waals surface area contributed by atoms with Crippen molar-refractivity contribution in [2.45, 2.75) is 0 Å². The second-order valence-electron chi connectivity index (χ2n) is 2.83. The standard InChI is InChI=1S/C9H7ClO4S/c11-10(12,13)14-15-6-8-4-2-1-3-5-9(8)7-15/h1-7H. The first-order chi connectivity index (χ1) is 7.04. The van der Waals surface area contributed by atoms with Crippen LogP contribution >= 0.6 is 10.8 Å². The first-order valence-corrected chi connectivity index (χ1v) is 6.50. The van der Waals surface area contributed by atoms with E-state index in [2.05, 4.69) is 3.74 Å². The van der Waals surface area contributed by atoms with Crippen LogP contribution < -0.4 is 14.0 Å². The molecule has 0 saturated carbocycles. The van der Waals surface area contributed by atoms with Crippen LogP contribution in [-0.4, -0.2) is 5.37 Å². The lowest BCUT2D eigenvalue weighted by molar-refractivity contribution is -1.91. The normalized spacial score (nSPS) is 24.1. The van der Waals surface area contributed by atoms with Crippen molar-refractivity contribution in [2.24, 2.45) is 0 Å². The fourth-order valence-corrected chi connectivity index (χ4v) is 3.20. The van der Waals surface area contributed by atoms with Crippen LogP contribution in [0.15, 0.2) is 46.9 Å². The van der Waals surface area contributed by atoms with Crippen molar-refractivity contribution in [3.05, 3.63) is 46.9 Å². The Morgan fingerprint density at radius 3 is 2.60 bits per heavy atom. The molecule has 1 atom stereocenters. The molecule has 0 fully saturated rings. The van der Waals surface area contributed by atoms with E-state index in [9.17, 15) is 14.0 Å². The van der Waals surface area contributed by atoms with Crippen molar-refractivity contribution in [3.63, 3.8) is 0 Å². The lowest BCUT2D eigenvalue weighted by Gasteiger charge is -2.11. The van der Waals surface area contributed by atoms with Gasteiger partial charge in [0.25, 0.3) is 0 Å². The van der Waals surface area contributed by atoms with E-state index in [0.29, 0.717) is 0 Å². The molecule has 1 unspecified atom stereocenters. The minimum absolute atomic E-state index is 0.863. The highest BCUT2D eigenvalue weighted by atomic mass is 35.7. The molecule has 1 aliphatic heterocycles. The SMILES string of the molecule is [O-][Cl+3]([O-])([O-])OS1=CC2=CC=CC=CC2=C1. The van der Waals surface area contributed by atoms with E-state index < -0.39 is 21.0 Å². The Bertz CT molecular complexity index is 426. The zero-order chi connectivity index (χ0) is 10.9. The van der Waals surface area contributed by atoms with Crippen LogP contribution in [0.3, 0.4) is 0 Å². The average Bonchev–Trinajstić information content (AvgIpc) is 2.32. The van der Waals surface area contributed by atoms with Crippen molar-refractivity contribution < 1.29 is 28.0 Å². The number of halogens is 1. The van der Waals surface area contributed by atoms with Gasteiger partial charge in [-0.15, -0.1) is 0 Å². The van der Waals surface area contributed by atoms with Gasteiger partial charge in [0.2, 0.25) is 0 Å². The van der Waals surface area contributed by atoms with Crippen molar-refractivity contribution in [2.75, 3.05) is 0 Å². The Hall–Kier alpha value is -0.690. The molecular formula is C9H7ClO4S. The predicted octanol–water partition coefficient (Wildman–Crippen LogP) is -1.16. The summed E-state index contributed by atoms with van der Waals surface area (Å²) in [4.78, 5) is 0. The van der Waals surface area contributed by atoms with Gasteiger partial charge in [0, 0.05) is 10.8 Å². The van der Waals surface area contributed by atoms with Crippen LogP contribution in [0.4, 0.5) is 0 Å². The summed E-state index contributed by atoms with van der Waals surface area (Å²) in [5.74, 6) is 0.